The number of esters is 1. The Kier molecular flexibility index (Phi) is 12.3. The Bertz CT molecular complexity index is 1260. The van der Waals surface area contributed by atoms with Crippen molar-refractivity contribution in [2.24, 2.45) is 0 Å². The first-order valence-corrected chi connectivity index (χ1v) is 13.5. The number of carbonyl (C=O) groups is 4. The maximum absolute atomic E-state index is 13.3. The predicted molar refractivity (Wildman–Crippen MR) is 159 cm³/mol. The van der Waals surface area contributed by atoms with E-state index in [1.54, 1.807) is 45.0 Å². The van der Waals surface area contributed by atoms with Crippen LogP contribution in [0.3, 0.4) is 0 Å². The first-order valence-electron chi connectivity index (χ1n) is 13.5. The van der Waals surface area contributed by atoms with Crippen LogP contribution in [-0.2, 0) is 19.1 Å². The van der Waals surface area contributed by atoms with Gasteiger partial charge >= 0.3 is 12.1 Å². The van der Waals surface area contributed by atoms with Crippen LogP contribution >= 0.6 is 0 Å². The number of ether oxygens (including phenoxy) is 2. The summed E-state index contributed by atoms with van der Waals surface area (Å²) >= 11 is 0. The quantitative estimate of drug-likeness (QED) is 0.176. The molecule has 9 heteroatoms. The standard InChI is InChI=1S/C32H41N3O6/c1-8-10-18-33-29(37)24-17-11-14-21(3)28(24)23-16-12-15-22(19-23)26(20-27(36)40-7)34-30(38)25(13-9-2)35-31(39)41-32(4,5)6/h8-9,11-12,14-17,19,25-26H,1-2,10,13,18,20H2,3-7H3,(H,33,37)(H,34,38)(H,35,39)/t25-,26-/m0/s1. The largest absolute Gasteiger partial charge is 0.469 e. The number of methoxy groups -OCH3 is 1. The van der Waals surface area contributed by atoms with E-state index in [9.17, 15) is 19.2 Å². The molecular weight excluding hydrogens is 522 g/mol. The molecule has 0 bridgehead atoms. The zero-order chi connectivity index (χ0) is 30.6. The van der Waals surface area contributed by atoms with E-state index in [4.69, 9.17) is 9.47 Å². The molecule has 3 N–H and O–H groups in total. The average molecular weight is 564 g/mol. The smallest absolute Gasteiger partial charge is 0.408 e. The third-order valence-corrected chi connectivity index (χ3v) is 6.05. The molecule has 0 saturated heterocycles. The second-order valence-electron chi connectivity index (χ2n) is 10.5. The Morgan fingerprint density at radius 3 is 2.34 bits per heavy atom. The van der Waals surface area contributed by atoms with Gasteiger partial charge in [0.1, 0.15) is 11.6 Å². The Morgan fingerprint density at radius 1 is 1.00 bits per heavy atom. The van der Waals surface area contributed by atoms with Gasteiger partial charge in [-0.05, 0) is 74.9 Å². The third kappa shape index (κ3) is 10.3. The molecule has 0 aliphatic carbocycles. The van der Waals surface area contributed by atoms with Gasteiger partial charge in [0.2, 0.25) is 5.91 Å². The number of hydrogen-bond donors (Lipinski definition) is 3. The van der Waals surface area contributed by atoms with Gasteiger partial charge < -0.3 is 25.4 Å². The van der Waals surface area contributed by atoms with E-state index in [0.717, 1.165) is 16.7 Å². The molecule has 0 aliphatic rings. The molecule has 9 nitrogen and oxygen atoms in total. The van der Waals surface area contributed by atoms with Gasteiger partial charge in [-0.15, -0.1) is 13.2 Å². The Morgan fingerprint density at radius 2 is 1.71 bits per heavy atom. The number of hydrogen-bond acceptors (Lipinski definition) is 6. The number of nitrogens with one attached hydrogen (secondary N) is 3. The SMILES string of the molecule is C=CCCNC(=O)c1cccc(C)c1-c1cccc([C@H](CC(=O)OC)NC(=O)[C@H](CC=C)NC(=O)OC(C)(C)C)c1. The lowest BCUT2D eigenvalue weighted by Gasteiger charge is -2.25. The minimum atomic E-state index is -0.979. The number of benzene rings is 2. The fraction of sp³-hybridized carbons (Fsp3) is 0.375. The summed E-state index contributed by atoms with van der Waals surface area (Å²) in [5.74, 6) is -1.26. The first kappa shape index (κ1) is 32.8. The van der Waals surface area contributed by atoms with E-state index in [1.165, 1.54) is 13.2 Å². The van der Waals surface area contributed by atoms with Gasteiger partial charge in [-0.1, -0.05) is 42.5 Å². The van der Waals surface area contributed by atoms with Gasteiger partial charge in [-0.25, -0.2) is 4.79 Å². The number of rotatable bonds is 13. The van der Waals surface area contributed by atoms with Crippen LogP contribution in [0.2, 0.25) is 0 Å². The molecular formula is C32H41N3O6. The van der Waals surface area contributed by atoms with Crippen LogP contribution in [-0.4, -0.2) is 49.2 Å². The minimum absolute atomic E-state index is 0.142. The topological polar surface area (TPSA) is 123 Å². The molecule has 0 aromatic heterocycles. The van der Waals surface area contributed by atoms with Crippen molar-refractivity contribution in [3.05, 3.63) is 84.5 Å². The molecule has 41 heavy (non-hydrogen) atoms. The highest BCUT2D eigenvalue weighted by Gasteiger charge is 2.27. The molecule has 2 atom stereocenters. The van der Waals surface area contributed by atoms with Crippen LogP contribution in [0.1, 0.15) is 67.6 Å². The van der Waals surface area contributed by atoms with Gasteiger partial charge in [0.05, 0.1) is 19.6 Å². The van der Waals surface area contributed by atoms with E-state index in [1.807, 2.05) is 31.2 Å². The third-order valence-electron chi connectivity index (χ3n) is 6.05. The van der Waals surface area contributed by atoms with Crippen molar-refractivity contribution in [2.45, 2.75) is 64.6 Å². The summed E-state index contributed by atoms with van der Waals surface area (Å²) in [5.41, 5.74) is 2.76. The van der Waals surface area contributed by atoms with Crippen LogP contribution in [0.15, 0.2) is 67.8 Å². The number of alkyl carbamates (subject to hydrolysis) is 1. The van der Waals surface area contributed by atoms with Gasteiger partial charge in [-0.2, -0.15) is 0 Å². The predicted octanol–water partition coefficient (Wildman–Crippen LogP) is 5.16. The molecule has 220 valence electrons. The summed E-state index contributed by atoms with van der Waals surface area (Å²) in [7, 11) is 1.27. The fourth-order valence-corrected chi connectivity index (χ4v) is 4.16. The molecule has 2 aromatic rings. The van der Waals surface area contributed by atoms with E-state index in [2.05, 4.69) is 29.1 Å². The first-order chi connectivity index (χ1) is 19.4. The van der Waals surface area contributed by atoms with Gasteiger partial charge in [0.25, 0.3) is 5.91 Å². The van der Waals surface area contributed by atoms with E-state index in [-0.39, 0.29) is 18.7 Å². The Balaban J connectivity index is 2.43. The maximum atomic E-state index is 13.3. The summed E-state index contributed by atoms with van der Waals surface area (Å²) in [6, 6.07) is 11.0. The lowest BCUT2D eigenvalue weighted by Crippen LogP contribution is -2.49. The van der Waals surface area contributed by atoms with Crippen LogP contribution in [0.4, 0.5) is 4.79 Å². The monoisotopic (exact) mass is 563 g/mol. The second-order valence-corrected chi connectivity index (χ2v) is 10.5. The highest BCUT2D eigenvalue weighted by Crippen LogP contribution is 2.30. The number of amides is 3. The van der Waals surface area contributed by atoms with Crippen molar-refractivity contribution >= 4 is 23.9 Å². The normalized spacial score (nSPS) is 12.3. The van der Waals surface area contributed by atoms with Crippen LogP contribution in [0, 0.1) is 6.92 Å². The highest BCUT2D eigenvalue weighted by atomic mass is 16.6. The second kappa shape index (κ2) is 15.4. The average Bonchev–Trinajstić information content (AvgIpc) is 2.91. The Hall–Kier alpha value is -4.40. The Labute approximate surface area is 242 Å². The van der Waals surface area contributed by atoms with Crippen molar-refractivity contribution in [3.63, 3.8) is 0 Å². The van der Waals surface area contributed by atoms with Crippen LogP contribution < -0.4 is 16.0 Å². The molecule has 3 amide bonds. The van der Waals surface area contributed by atoms with E-state index >= 15 is 0 Å². The molecule has 0 saturated carbocycles. The van der Waals surface area contributed by atoms with Gasteiger partial charge in [-0.3, -0.25) is 14.4 Å². The van der Waals surface area contributed by atoms with Crippen LogP contribution in [0.5, 0.6) is 0 Å². The van der Waals surface area contributed by atoms with E-state index < -0.39 is 35.7 Å². The zero-order valence-electron chi connectivity index (χ0n) is 24.5. The molecule has 0 radical (unpaired) electrons. The van der Waals surface area contributed by atoms with Gasteiger partial charge in [0.15, 0.2) is 0 Å². The molecule has 0 aliphatic heterocycles. The molecule has 0 unspecified atom stereocenters. The maximum Gasteiger partial charge on any atom is 0.408 e. The summed E-state index contributed by atoms with van der Waals surface area (Å²) in [4.78, 5) is 51.1. The molecule has 0 heterocycles. The number of carbonyl (C=O) groups excluding carboxylic acids is 4. The summed E-state index contributed by atoms with van der Waals surface area (Å²) in [6.45, 7) is 14.9. The molecule has 2 rings (SSSR count). The molecule has 2 aromatic carbocycles. The van der Waals surface area contributed by atoms with Crippen molar-refractivity contribution in [2.75, 3.05) is 13.7 Å². The molecule has 0 fully saturated rings. The zero-order valence-corrected chi connectivity index (χ0v) is 24.5. The van der Waals surface area contributed by atoms with Crippen molar-refractivity contribution in [3.8, 4) is 11.1 Å². The summed E-state index contributed by atoms with van der Waals surface area (Å²) in [5, 5.41) is 8.35. The lowest BCUT2D eigenvalue weighted by atomic mass is 9.91. The lowest BCUT2D eigenvalue weighted by molar-refractivity contribution is -0.141. The van der Waals surface area contributed by atoms with Crippen molar-refractivity contribution in [1.82, 2.24) is 16.0 Å². The molecule has 0 spiro atoms. The minimum Gasteiger partial charge on any atom is -0.469 e. The number of aryl methyl sites for hydroxylation is 1. The summed E-state index contributed by atoms with van der Waals surface area (Å²) in [6.07, 6.45) is 3.14. The summed E-state index contributed by atoms with van der Waals surface area (Å²) < 4.78 is 10.2. The highest BCUT2D eigenvalue weighted by molar-refractivity contribution is 6.01. The van der Waals surface area contributed by atoms with Gasteiger partial charge in [0, 0.05) is 12.1 Å². The van der Waals surface area contributed by atoms with Crippen molar-refractivity contribution in [1.29, 1.82) is 0 Å². The van der Waals surface area contributed by atoms with E-state index in [0.29, 0.717) is 24.1 Å². The fourth-order valence-electron chi connectivity index (χ4n) is 4.16. The van der Waals surface area contributed by atoms with Crippen molar-refractivity contribution < 1.29 is 28.7 Å². The van der Waals surface area contributed by atoms with Crippen LogP contribution in [0.25, 0.3) is 11.1 Å².